The molecule has 2 heterocycles. The molecule has 1 aliphatic heterocycles. The fourth-order valence-corrected chi connectivity index (χ4v) is 4.36. The molecule has 0 amide bonds. The second kappa shape index (κ2) is 5.54. The van der Waals surface area contributed by atoms with Gasteiger partial charge in [-0.15, -0.1) is 0 Å². The lowest BCUT2D eigenvalue weighted by Gasteiger charge is -2.24. The summed E-state index contributed by atoms with van der Waals surface area (Å²) in [5, 5.41) is 0. The third-order valence-electron chi connectivity index (χ3n) is 3.69. The van der Waals surface area contributed by atoms with Crippen LogP contribution < -0.4 is 0 Å². The standard InChI is InChI=1S/C15H15FN2O2S/c16-13-5-7-14(8-6-13)21(19,20)18-10-2-4-15(18)12-3-1-9-17-11-12/h1,3,5-9,11,15H,2,4,10H2/t15-/m0/s1. The number of hydrogen-bond acceptors (Lipinski definition) is 3. The van der Waals surface area contributed by atoms with E-state index in [1.54, 1.807) is 18.5 Å². The number of sulfonamides is 1. The van der Waals surface area contributed by atoms with Gasteiger partial charge in [-0.25, -0.2) is 12.8 Å². The van der Waals surface area contributed by atoms with Gasteiger partial charge >= 0.3 is 0 Å². The smallest absolute Gasteiger partial charge is 0.243 e. The van der Waals surface area contributed by atoms with E-state index in [1.807, 2.05) is 6.07 Å². The van der Waals surface area contributed by atoms with Gasteiger partial charge in [-0.3, -0.25) is 4.98 Å². The van der Waals surface area contributed by atoms with Gasteiger partial charge in [0, 0.05) is 18.9 Å². The average Bonchev–Trinajstić information content (AvgIpc) is 2.99. The largest absolute Gasteiger partial charge is 0.264 e. The van der Waals surface area contributed by atoms with Crippen molar-refractivity contribution in [2.24, 2.45) is 0 Å². The van der Waals surface area contributed by atoms with Crippen molar-refractivity contribution >= 4 is 10.0 Å². The van der Waals surface area contributed by atoms with Crippen LogP contribution >= 0.6 is 0 Å². The Kier molecular flexibility index (Phi) is 3.73. The van der Waals surface area contributed by atoms with Gasteiger partial charge in [0.25, 0.3) is 0 Å². The first-order valence-electron chi connectivity index (χ1n) is 6.76. The van der Waals surface area contributed by atoms with Gasteiger partial charge in [0.2, 0.25) is 10.0 Å². The highest BCUT2D eigenvalue weighted by Crippen LogP contribution is 2.36. The second-order valence-electron chi connectivity index (χ2n) is 5.01. The molecule has 3 rings (SSSR count). The molecule has 4 nitrogen and oxygen atoms in total. The molecule has 0 unspecified atom stereocenters. The number of aromatic nitrogens is 1. The van der Waals surface area contributed by atoms with Crippen molar-refractivity contribution in [2.75, 3.05) is 6.54 Å². The molecule has 6 heteroatoms. The monoisotopic (exact) mass is 306 g/mol. The van der Waals surface area contributed by atoms with E-state index in [4.69, 9.17) is 0 Å². The minimum absolute atomic E-state index is 0.125. The first-order chi connectivity index (χ1) is 10.1. The van der Waals surface area contributed by atoms with E-state index in [-0.39, 0.29) is 10.9 Å². The van der Waals surface area contributed by atoms with Crippen molar-refractivity contribution in [2.45, 2.75) is 23.8 Å². The first-order valence-corrected chi connectivity index (χ1v) is 8.20. The lowest BCUT2D eigenvalue weighted by Crippen LogP contribution is -2.30. The van der Waals surface area contributed by atoms with E-state index < -0.39 is 15.8 Å². The topological polar surface area (TPSA) is 50.3 Å². The molecule has 0 N–H and O–H groups in total. The van der Waals surface area contributed by atoms with E-state index in [1.165, 1.54) is 28.6 Å². The predicted octanol–water partition coefficient (Wildman–Crippen LogP) is 2.75. The van der Waals surface area contributed by atoms with Gasteiger partial charge in [0.15, 0.2) is 0 Å². The number of halogens is 1. The molecule has 1 fully saturated rings. The van der Waals surface area contributed by atoms with Crippen LogP contribution in [0.15, 0.2) is 53.7 Å². The highest BCUT2D eigenvalue weighted by molar-refractivity contribution is 7.89. The predicted molar refractivity (Wildman–Crippen MR) is 76.5 cm³/mol. The van der Waals surface area contributed by atoms with E-state index in [2.05, 4.69) is 4.98 Å². The third kappa shape index (κ3) is 2.69. The molecule has 0 aliphatic carbocycles. The summed E-state index contributed by atoms with van der Waals surface area (Å²) >= 11 is 0. The molecular weight excluding hydrogens is 291 g/mol. The maximum Gasteiger partial charge on any atom is 0.243 e. The Labute approximate surface area is 123 Å². The van der Waals surface area contributed by atoms with Crippen molar-refractivity contribution in [1.82, 2.24) is 9.29 Å². The Bertz CT molecular complexity index is 717. The molecule has 0 spiro atoms. The van der Waals surface area contributed by atoms with Crippen LogP contribution in [0.25, 0.3) is 0 Å². The van der Waals surface area contributed by atoms with Crippen LogP contribution in [0.3, 0.4) is 0 Å². The van der Waals surface area contributed by atoms with Crippen LogP contribution in [0, 0.1) is 5.82 Å². The normalized spacial score (nSPS) is 19.8. The molecule has 1 aliphatic rings. The summed E-state index contributed by atoms with van der Waals surface area (Å²) in [6.07, 6.45) is 4.94. The molecular formula is C15H15FN2O2S. The molecule has 0 radical (unpaired) electrons. The number of nitrogens with zero attached hydrogens (tertiary/aromatic N) is 2. The Balaban J connectivity index is 1.96. The van der Waals surface area contributed by atoms with Crippen LogP contribution in [0.5, 0.6) is 0 Å². The summed E-state index contributed by atoms with van der Waals surface area (Å²) < 4.78 is 39.9. The highest BCUT2D eigenvalue weighted by Gasteiger charge is 2.36. The third-order valence-corrected chi connectivity index (χ3v) is 5.62. The molecule has 0 saturated carbocycles. The van der Waals surface area contributed by atoms with E-state index in [0.29, 0.717) is 6.54 Å². The fourth-order valence-electron chi connectivity index (χ4n) is 2.68. The summed E-state index contributed by atoms with van der Waals surface area (Å²) in [7, 11) is -3.61. The second-order valence-corrected chi connectivity index (χ2v) is 6.90. The SMILES string of the molecule is O=S(=O)(c1ccc(F)cc1)N1CCC[C@H]1c1cccnc1. The van der Waals surface area contributed by atoms with Crippen molar-refractivity contribution in [1.29, 1.82) is 0 Å². The van der Waals surface area contributed by atoms with Crippen LogP contribution in [0.2, 0.25) is 0 Å². The number of rotatable bonds is 3. The molecule has 0 bridgehead atoms. The van der Waals surface area contributed by atoms with Gasteiger partial charge in [-0.2, -0.15) is 4.31 Å². The van der Waals surface area contributed by atoms with Crippen molar-refractivity contribution < 1.29 is 12.8 Å². The van der Waals surface area contributed by atoms with Crippen molar-refractivity contribution in [3.63, 3.8) is 0 Å². The summed E-state index contributed by atoms with van der Waals surface area (Å²) in [6, 6.07) is 8.44. The summed E-state index contributed by atoms with van der Waals surface area (Å²) in [5.41, 5.74) is 0.890. The van der Waals surface area contributed by atoms with Crippen LogP contribution in [0.4, 0.5) is 4.39 Å². The van der Waals surface area contributed by atoms with E-state index in [9.17, 15) is 12.8 Å². The van der Waals surface area contributed by atoms with Gasteiger partial charge < -0.3 is 0 Å². The zero-order chi connectivity index (χ0) is 14.9. The summed E-state index contributed by atoms with van der Waals surface area (Å²) in [5.74, 6) is -0.445. The lowest BCUT2D eigenvalue weighted by atomic mass is 10.1. The molecule has 110 valence electrons. The zero-order valence-electron chi connectivity index (χ0n) is 11.3. The average molecular weight is 306 g/mol. The van der Waals surface area contributed by atoms with E-state index in [0.717, 1.165) is 18.4 Å². The molecule has 2 aromatic rings. The van der Waals surface area contributed by atoms with Gasteiger partial charge in [-0.1, -0.05) is 6.07 Å². The van der Waals surface area contributed by atoms with Crippen LogP contribution in [-0.4, -0.2) is 24.3 Å². The van der Waals surface area contributed by atoms with Gasteiger partial charge in [0.1, 0.15) is 5.82 Å². The Morgan fingerprint density at radius 3 is 2.62 bits per heavy atom. The van der Waals surface area contributed by atoms with Gasteiger partial charge in [0.05, 0.1) is 10.9 Å². The molecule has 1 saturated heterocycles. The van der Waals surface area contributed by atoms with Crippen molar-refractivity contribution in [3.05, 3.63) is 60.2 Å². The zero-order valence-corrected chi connectivity index (χ0v) is 12.1. The van der Waals surface area contributed by atoms with Crippen molar-refractivity contribution in [3.8, 4) is 0 Å². The Morgan fingerprint density at radius 2 is 1.95 bits per heavy atom. The Hall–Kier alpha value is -1.79. The molecule has 21 heavy (non-hydrogen) atoms. The first kappa shape index (κ1) is 14.2. The van der Waals surface area contributed by atoms with Crippen LogP contribution in [-0.2, 0) is 10.0 Å². The van der Waals surface area contributed by atoms with E-state index >= 15 is 0 Å². The lowest BCUT2D eigenvalue weighted by molar-refractivity contribution is 0.396. The number of pyridine rings is 1. The minimum Gasteiger partial charge on any atom is -0.264 e. The summed E-state index contributed by atoms with van der Waals surface area (Å²) in [4.78, 5) is 4.18. The minimum atomic E-state index is -3.61. The fraction of sp³-hybridized carbons (Fsp3) is 0.267. The maximum atomic E-state index is 13.0. The molecule has 1 aromatic carbocycles. The summed E-state index contributed by atoms with van der Waals surface area (Å²) in [6.45, 7) is 0.471. The quantitative estimate of drug-likeness (QED) is 0.876. The van der Waals surface area contributed by atoms with Gasteiger partial charge in [-0.05, 0) is 48.7 Å². The molecule has 1 aromatic heterocycles. The molecule has 1 atom stereocenters. The number of benzene rings is 1. The highest BCUT2D eigenvalue weighted by atomic mass is 32.2. The number of hydrogen-bond donors (Lipinski definition) is 0. The van der Waals surface area contributed by atoms with Crippen LogP contribution in [0.1, 0.15) is 24.4 Å². The maximum absolute atomic E-state index is 13.0. The Morgan fingerprint density at radius 1 is 1.19 bits per heavy atom.